The maximum atomic E-state index is 6.39. The van der Waals surface area contributed by atoms with Crippen molar-refractivity contribution < 1.29 is 14.2 Å². The van der Waals surface area contributed by atoms with E-state index in [1.54, 1.807) is 14.2 Å². The van der Waals surface area contributed by atoms with E-state index < -0.39 is 0 Å². The monoisotopic (exact) mass is 319 g/mol. The number of likely N-dealkylation sites (tertiary alicyclic amines) is 1. The van der Waals surface area contributed by atoms with Crippen molar-refractivity contribution in [2.75, 3.05) is 33.9 Å². The first-order valence-electron chi connectivity index (χ1n) is 8.54. The third-order valence-electron chi connectivity index (χ3n) is 5.25. The number of hydrogen-bond acceptors (Lipinski definition) is 4. The summed E-state index contributed by atoms with van der Waals surface area (Å²) in [5.41, 5.74) is 2.57. The van der Waals surface area contributed by atoms with Crippen molar-refractivity contribution in [1.82, 2.24) is 4.90 Å². The molecule has 0 bridgehead atoms. The molecule has 1 unspecified atom stereocenters. The molecule has 1 atom stereocenters. The van der Waals surface area contributed by atoms with Crippen LogP contribution < -0.4 is 9.47 Å². The molecule has 4 heteroatoms. The SMILES string of the molecule is COc1cc2c(cc1OC)C1(CCCN(C(C)(C)C)C1)OCC2. The lowest BCUT2D eigenvalue weighted by Crippen LogP contribution is -2.55. The van der Waals surface area contributed by atoms with Crippen LogP contribution in [0.1, 0.15) is 44.7 Å². The lowest BCUT2D eigenvalue weighted by atomic mass is 9.79. The standard InChI is InChI=1S/C19H29NO3/c1-18(2,3)20-9-6-8-19(13-20)15-12-17(22-5)16(21-4)11-14(15)7-10-23-19/h11-12H,6-10,13H2,1-5H3. The van der Waals surface area contributed by atoms with Gasteiger partial charge < -0.3 is 14.2 Å². The van der Waals surface area contributed by atoms with Gasteiger partial charge in [0.2, 0.25) is 0 Å². The van der Waals surface area contributed by atoms with Crippen LogP contribution in [0.3, 0.4) is 0 Å². The first-order valence-corrected chi connectivity index (χ1v) is 8.54. The van der Waals surface area contributed by atoms with Gasteiger partial charge in [0, 0.05) is 12.1 Å². The fraction of sp³-hybridized carbons (Fsp3) is 0.684. The van der Waals surface area contributed by atoms with Crippen LogP contribution in [0.25, 0.3) is 0 Å². The molecule has 2 aliphatic heterocycles. The van der Waals surface area contributed by atoms with Gasteiger partial charge in [-0.1, -0.05) is 0 Å². The Morgan fingerprint density at radius 2 is 1.83 bits per heavy atom. The van der Waals surface area contributed by atoms with Gasteiger partial charge in [-0.3, -0.25) is 4.90 Å². The first kappa shape index (κ1) is 16.6. The number of nitrogens with zero attached hydrogens (tertiary/aromatic N) is 1. The van der Waals surface area contributed by atoms with Gasteiger partial charge in [-0.15, -0.1) is 0 Å². The largest absolute Gasteiger partial charge is 0.493 e. The number of piperidine rings is 1. The summed E-state index contributed by atoms with van der Waals surface area (Å²) >= 11 is 0. The Bertz CT molecular complexity index is 579. The third-order valence-corrected chi connectivity index (χ3v) is 5.25. The highest BCUT2D eigenvalue weighted by Gasteiger charge is 2.44. The lowest BCUT2D eigenvalue weighted by Gasteiger charge is -2.50. The summed E-state index contributed by atoms with van der Waals surface area (Å²) in [6.45, 7) is 9.70. The molecule has 3 rings (SSSR count). The van der Waals surface area contributed by atoms with E-state index in [0.717, 1.165) is 50.5 Å². The first-order chi connectivity index (χ1) is 10.9. The van der Waals surface area contributed by atoms with E-state index in [-0.39, 0.29) is 11.1 Å². The molecule has 128 valence electrons. The second kappa shape index (κ2) is 5.99. The molecule has 1 spiro atoms. The van der Waals surface area contributed by atoms with Crippen LogP contribution in [0.15, 0.2) is 12.1 Å². The van der Waals surface area contributed by atoms with E-state index in [9.17, 15) is 0 Å². The molecule has 2 heterocycles. The quantitative estimate of drug-likeness (QED) is 0.836. The summed E-state index contributed by atoms with van der Waals surface area (Å²) in [5.74, 6) is 1.61. The molecular weight excluding hydrogens is 290 g/mol. The average Bonchev–Trinajstić information content (AvgIpc) is 2.53. The minimum absolute atomic E-state index is 0.158. The highest BCUT2D eigenvalue weighted by atomic mass is 16.5. The molecule has 1 aromatic rings. The fourth-order valence-electron chi connectivity index (χ4n) is 3.92. The van der Waals surface area contributed by atoms with Crippen molar-refractivity contribution in [1.29, 1.82) is 0 Å². The normalized spacial score (nSPS) is 25.3. The van der Waals surface area contributed by atoms with E-state index >= 15 is 0 Å². The van der Waals surface area contributed by atoms with Crippen molar-refractivity contribution >= 4 is 0 Å². The number of ether oxygens (including phenoxy) is 3. The van der Waals surface area contributed by atoms with Crippen LogP contribution in [0, 0.1) is 0 Å². The lowest BCUT2D eigenvalue weighted by molar-refractivity contribution is -0.119. The predicted molar refractivity (Wildman–Crippen MR) is 91.4 cm³/mol. The number of benzene rings is 1. The minimum Gasteiger partial charge on any atom is -0.493 e. The molecule has 0 aromatic heterocycles. The summed E-state index contributed by atoms with van der Waals surface area (Å²) in [6.07, 6.45) is 3.17. The zero-order valence-corrected chi connectivity index (χ0v) is 15.1. The second-order valence-electron chi connectivity index (χ2n) is 7.65. The van der Waals surface area contributed by atoms with E-state index in [1.165, 1.54) is 11.1 Å². The van der Waals surface area contributed by atoms with Gasteiger partial charge in [-0.25, -0.2) is 0 Å². The van der Waals surface area contributed by atoms with Crippen molar-refractivity contribution in [3.63, 3.8) is 0 Å². The molecule has 0 N–H and O–H groups in total. The van der Waals surface area contributed by atoms with Crippen LogP contribution in [-0.2, 0) is 16.8 Å². The number of rotatable bonds is 2. The van der Waals surface area contributed by atoms with Gasteiger partial charge in [-0.2, -0.15) is 0 Å². The Morgan fingerprint density at radius 1 is 1.13 bits per heavy atom. The molecule has 1 aromatic carbocycles. The van der Waals surface area contributed by atoms with Gasteiger partial charge in [0.25, 0.3) is 0 Å². The Labute approximate surface area is 139 Å². The second-order valence-corrected chi connectivity index (χ2v) is 7.65. The van der Waals surface area contributed by atoms with Crippen molar-refractivity contribution in [3.8, 4) is 11.5 Å². The van der Waals surface area contributed by atoms with Gasteiger partial charge in [0.15, 0.2) is 11.5 Å². The zero-order chi connectivity index (χ0) is 16.7. The molecule has 1 fully saturated rings. The van der Waals surface area contributed by atoms with Crippen LogP contribution >= 0.6 is 0 Å². The average molecular weight is 319 g/mol. The van der Waals surface area contributed by atoms with E-state index in [4.69, 9.17) is 14.2 Å². The smallest absolute Gasteiger partial charge is 0.161 e. The molecule has 0 radical (unpaired) electrons. The van der Waals surface area contributed by atoms with Crippen LogP contribution in [-0.4, -0.2) is 44.4 Å². The van der Waals surface area contributed by atoms with Gasteiger partial charge in [0.1, 0.15) is 5.60 Å². The molecule has 0 aliphatic carbocycles. The Morgan fingerprint density at radius 3 is 2.48 bits per heavy atom. The zero-order valence-electron chi connectivity index (χ0n) is 15.1. The van der Waals surface area contributed by atoms with Crippen LogP contribution in [0.5, 0.6) is 11.5 Å². The maximum Gasteiger partial charge on any atom is 0.161 e. The summed E-state index contributed by atoms with van der Waals surface area (Å²) in [5, 5.41) is 0. The molecule has 2 aliphatic rings. The highest BCUT2D eigenvalue weighted by Crippen LogP contribution is 2.45. The van der Waals surface area contributed by atoms with Crippen molar-refractivity contribution in [3.05, 3.63) is 23.3 Å². The van der Waals surface area contributed by atoms with E-state index in [1.807, 2.05) is 0 Å². The van der Waals surface area contributed by atoms with Gasteiger partial charge >= 0.3 is 0 Å². The highest BCUT2D eigenvalue weighted by molar-refractivity contribution is 5.50. The molecule has 0 amide bonds. The Balaban J connectivity index is 2.03. The number of methoxy groups -OCH3 is 2. The Kier molecular flexibility index (Phi) is 4.32. The summed E-state index contributed by atoms with van der Waals surface area (Å²) in [4.78, 5) is 2.54. The third kappa shape index (κ3) is 2.94. The molecule has 4 nitrogen and oxygen atoms in total. The van der Waals surface area contributed by atoms with E-state index in [2.05, 4.69) is 37.8 Å². The topological polar surface area (TPSA) is 30.9 Å². The summed E-state index contributed by atoms with van der Waals surface area (Å²) in [7, 11) is 3.39. The molecule has 23 heavy (non-hydrogen) atoms. The van der Waals surface area contributed by atoms with Crippen LogP contribution in [0.4, 0.5) is 0 Å². The minimum atomic E-state index is -0.210. The maximum absolute atomic E-state index is 6.39. The number of hydrogen-bond donors (Lipinski definition) is 0. The predicted octanol–water partition coefficient (Wildman–Crippen LogP) is 3.37. The van der Waals surface area contributed by atoms with Gasteiger partial charge in [0.05, 0.1) is 20.8 Å². The fourth-order valence-corrected chi connectivity index (χ4v) is 3.92. The summed E-state index contributed by atoms with van der Waals surface area (Å²) < 4.78 is 17.4. The Hall–Kier alpha value is -1.26. The molecular formula is C19H29NO3. The van der Waals surface area contributed by atoms with Crippen molar-refractivity contribution in [2.24, 2.45) is 0 Å². The molecule has 1 saturated heterocycles. The van der Waals surface area contributed by atoms with E-state index in [0.29, 0.717) is 0 Å². The summed E-state index contributed by atoms with van der Waals surface area (Å²) in [6, 6.07) is 4.27. The number of fused-ring (bicyclic) bond motifs is 2. The van der Waals surface area contributed by atoms with Crippen LogP contribution in [0.2, 0.25) is 0 Å². The van der Waals surface area contributed by atoms with Crippen molar-refractivity contribution in [2.45, 2.75) is 51.2 Å². The van der Waals surface area contributed by atoms with Gasteiger partial charge in [-0.05, 0) is 69.8 Å². The molecule has 0 saturated carbocycles.